The van der Waals surface area contributed by atoms with Gasteiger partial charge in [-0.3, -0.25) is 0 Å². The second-order valence-corrected chi connectivity index (χ2v) is 17.7. The maximum absolute atomic E-state index is 6.68. The second-order valence-electron chi connectivity index (χ2n) is 15.5. The molecule has 0 spiro atoms. The molecular weight excluding hydrogens is 783 g/mol. The van der Waals surface area contributed by atoms with Gasteiger partial charge in [0.1, 0.15) is 11.2 Å². The largest absolute Gasteiger partial charge is 0.456 e. The van der Waals surface area contributed by atoms with Crippen molar-refractivity contribution in [3.05, 3.63) is 188 Å². The second kappa shape index (κ2) is 13.5. The predicted octanol–water partition coefficient (Wildman–Crippen LogP) is 16.0. The Morgan fingerprint density at radius 2 is 0.902 bits per heavy atom. The molecule has 0 saturated carbocycles. The molecule has 0 saturated heterocycles. The maximum atomic E-state index is 6.68. The Bertz CT molecular complexity index is 3890. The number of rotatable bonds is 5. The third-order valence-corrected chi connectivity index (χ3v) is 14.2. The number of fused-ring (bicyclic) bond motifs is 10. The van der Waals surface area contributed by atoms with Crippen LogP contribution in [0.4, 0.5) is 0 Å². The number of thiophene rings is 2. The van der Waals surface area contributed by atoms with Gasteiger partial charge in [-0.2, -0.15) is 0 Å². The summed E-state index contributed by atoms with van der Waals surface area (Å²) in [7, 11) is 0. The highest BCUT2D eigenvalue weighted by atomic mass is 32.1. The molecule has 0 radical (unpaired) electrons. The van der Waals surface area contributed by atoms with Gasteiger partial charge in [0.25, 0.3) is 0 Å². The lowest BCUT2D eigenvalue weighted by molar-refractivity contribution is 0.669. The molecule has 0 atom stereocenters. The lowest BCUT2D eigenvalue weighted by atomic mass is 9.95. The third-order valence-electron chi connectivity index (χ3n) is 11.9. The van der Waals surface area contributed by atoms with E-state index in [-0.39, 0.29) is 0 Å². The molecule has 61 heavy (non-hydrogen) atoms. The van der Waals surface area contributed by atoms with E-state index in [0.29, 0.717) is 17.5 Å². The summed E-state index contributed by atoms with van der Waals surface area (Å²) in [5, 5.41) is 9.43. The molecule has 0 aliphatic carbocycles. The van der Waals surface area contributed by atoms with Crippen LogP contribution in [0.2, 0.25) is 0 Å². The monoisotopic (exact) mass is 813 g/mol. The van der Waals surface area contributed by atoms with Crippen LogP contribution in [0, 0.1) is 0 Å². The van der Waals surface area contributed by atoms with Gasteiger partial charge in [-0.15, -0.1) is 22.7 Å². The average molecular weight is 814 g/mol. The molecule has 0 N–H and O–H groups in total. The molecule has 4 heterocycles. The van der Waals surface area contributed by atoms with Gasteiger partial charge in [-0.05, 0) is 75.5 Å². The summed E-state index contributed by atoms with van der Waals surface area (Å²) in [6, 6.07) is 66.8. The van der Waals surface area contributed by atoms with Crippen LogP contribution in [-0.2, 0) is 0 Å². The van der Waals surface area contributed by atoms with E-state index in [0.717, 1.165) is 55.3 Å². The Morgan fingerprint density at radius 1 is 0.311 bits per heavy atom. The Balaban J connectivity index is 1.05. The predicted molar refractivity (Wildman–Crippen MR) is 258 cm³/mol. The van der Waals surface area contributed by atoms with Gasteiger partial charge in [0, 0.05) is 67.8 Å². The van der Waals surface area contributed by atoms with Crippen LogP contribution in [0.25, 0.3) is 129 Å². The topological polar surface area (TPSA) is 51.8 Å². The van der Waals surface area contributed by atoms with Crippen molar-refractivity contribution in [3.8, 4) is 56.4 Å². The summed E-state index contributed by atoms with van der Waals surface area (Å²) in [4.78, 5) is 16.0. The van der Waals surface area contributed by atoms with E-state index in [1.54, 1.807) is 11.3 Å². The van der Waals surface area contributed by atoms with E-state index in [1.807, 2.05) is 23.5 Å². The highest BCUT2D eigenvalue weighted by Crippen LogP contribution is 2.45. The number of nitrogens with zero attached hydrogens (tertiary/aromatic N) is 3. The van der Waals surface area contributed by atoms with Gasteiger partial charge >= 0.3 is 0 Å². The lowest BCUT2D eigenvalue weighted by Crippen LogP contribution is -2.01. The molecule has 13 aromatic rings. The molecule has 13 rings (SSSR count). The van der Waals surface area contributed by atoms with E-state index >= 15 is 0 Å². The minimum Gasteiger partial charge on any atom is -0.456 e. The van der Waals surface area contributed by atoms with Crippen molar-refractivity contribution in [2.45, 2.75) is 0 Å². The van der Waals surface area contributed by atoms with Crippen molar-refractivity contribution >= 4 is 95.7 Å². The molecule has 284 valence electrons. The van der Waals surface area contributed by atoms with Gasteiger partial charge in [-0.25, -0.2) is 15.0 Å². The van der Waals surface area contributed by atoms with E-state index in [2.05, 4.69) is 176 Å². The summed E-state index contributed by atoms with van der Waals surface area (Å²) in [6.07, 6.45) is 0. The highest BCUT2D eigenvalue weighted by Gasteiger charge is 2.22. The normalized spacial score (nSPS) is 11.9. The molecule has 9 aromatic carbocycles. The van der Waals surface area contributed by atoms with Gasteiger partial charge in [0.05, 0.1) is 0 Å². The number of benzene rings is 9. The first-order valence-electron chi connectivity index (χ1n) is 20.3. The smallest absolute Gasteiger partial charge is 0.164 e. The fourth-order valence-corrected chi connectivity index (χ4v) is 11.4. The molecule has 0 aliphatic heterocycles. The van der Waals surface area contributed by atoms with Crippen LogP contribution in [0.5, 0.6) is 0 Å². The summed E-state index contributed by atoms with van der Waals surface area (Å²) < 4.78 is 11.7. The van der Waals surface area contributed by atoms with Crippen LogP contribution in [-0.4, -0.2) is 15.0 Å². The van der Waals surface area contributed by atoms with Crippen molar-refractivity contribution in [2.24, 2.45) is 0 Å². The fraction of sp³-hybridized carbons (Fsp3) is 0. The first-order chi connectivity index (χ1) is 30.2. The minimum atomic E-state index is 0.593. The molecule has 0 aliphatic rings. The van der Waals surface area contributed by atoms with E-state index < -0.39 is 0 Å². The standard InChI is InChI=1S/C55H31N3OS2/c1-2-13-37-32(11-1)12-9-17-38(37)33-23-25-34(26-24-33)53-56-54(35-27-28-41-40-14-4-7-20-47(40)61-50(41)31-35)58-55(57-53)44-29-36(30-46-51(44)42-15-3-6-19-45(42)59-46)39-18-10-22-49-52(39)43-16-5-8-21-48(43)60-49/h1-31H. The summed E-state index contributed by atoms with van der Waals surface area (Å²) in [5.41, 5.74) is 8.89. The molecule has 0 amide bonds. The quantitative estimate of drug-likeness (QED) is 0.174. The Hall–Kier alpha value is -7.51. The molecule has 0 bridgehead atoms. The average Bonchev–Trinajstić information content (AvgIpc) is 4.02. The van der Waals surface area contributed by atoms with Crippen LogP contribution in [0.15, 0.2) is 192 Å². The molecule has 0 fully saturated rings. The van der Waals surface area contributed by atoms with E-state index in [9.17, 15) is 0 Å². The van der Waals surface area contributed by atoms with Crippen LogP contribution in [0.1, 0.15) is 0 Å². The number of furan rings is 1. The van der Waals surface area contributed by atoms with Crippen LogP contribution < -0.4 is 0 Å². The van der Waals surface area contributed by atoms with Gasteiger partial charge < -0.3 is 4.42 Å². The molecule has 6 heteroatoms. The number of hydrogen-bond donors (Lipinski definition) is 0. The van der Waals surface area contributed by atoms with Crippen molar-refractivity contribution in [2.75, 3.05) is 0 Å². The SMILES string of the molecule is c1ccc2c(-c3ccc(-c4nc(-c5ccc6c(c5)sc5ccccc56)nc(-c5cc(-c6cccc7sc8ccccc8c67)cc6oc7ccccc7c56)n4)cc3)cccc2c1. The summed E-state index contributed by atoms with van der Waals surface area (Å²) in [5.74, 6) is 1.82. The van der Waals surface area contributed by atoms with Crippen molar-refractivity contribution in [1.29, 1.82) is 0 Å². The number of hydrogen-bond acceptors (Lipinski definition) is 6. The minimum absolute atomic E-state index is 0.593. The highest BCUT2D eigenvalue weighted by molar-refractivity contribution is 7.26. The Morgan fingerprint density at radius 3 is 1.77 bits per heavy atom. The van der Waals surface area contributed by atoms with Gasteiger partial charge in [0.15, 0.2) is 17.5 Å². The van der Waals surface area contributed by atoms with Gasteiger partial charge in [0.2, 0.25) is 0 Å². The molecular formula is C55H31N3OS2. The third kappa shape index (κ3) is 5.53. The molecule has 4 aromatic heterocycles. The van der Waals surface area contributed by atoms with Crippen molar-refractivity contribution in [1.82, 2.24) is 15.0 Å². The van der Waals surface area contributed by atoms with Crippen LogP contribution in [0.3, 0.4) is 0 Å². The summed E-state index contributed by atoms with van der Waals surface area (Å²) in [6.45, 7) is 0. The maximum Gasteiger partial charge on any atom is 0.164 e. The number of aromatic nitrogens is 3. The van der Waals surface area contributed by atoms with Crippen molar-refractivity contribution in [3.63, 3.8) is 0 Å². The summed E-state index contributed by atoms with van der Waals surface area (Å²) >= 11 is 3.62. The Kier molecular flexibility index (Phi) is 7.61. The van der Waals surface area contributed by atoms with E-state index in [4.69, 9.17) is 19.4 Å². The molecule has 0 unspecified atom stereocenters. The lowest BCUT2D eigenvalue weighted by Gasteiger charge is -2.12. The zero-order valence-corrected chi connectivity index (χ0v) is 34.1. The fourth-order valence-electron chi connectivity index (χ4n) is 9.10. The first kappa shape index (κ1) is 34.4. The Labute approximate surface area is 357 Å². The first-order valence-corrected chi connectivity index (χ1v) is 22.0. The zero-order chi connectivity index (χ0) is 40.0. The van der Waals surface area contributed by atoms with Gasteiger partial charge in [-0.1, -0.05) is 146 Å². The zero-order valence-electron chi connectivity index (χ0n) is 32.5. The number of para-hydroxylation sites is 1. The van der Waals surface area contributed by atoms with Crippen molar-refractivity contribution < 1.29 is 4.42 Å². The molecule has 4 nitrogen and oxygen atoms in total. The van der Waals surface area contributed by atoms with Crippen LogP contribution >= 0.6 is 22.7 Å². The van der Waals surface area contributed by atoms with E-state index in [1.165, 1.54) is 56.7 Å².